The lowest BCUT2D eigenvalue weighted by Crippen LogP contribution is -2.51. The number of hydrogen-bond donors (Lipinski definition) is 6. The second-order valence-electron chi connectivity index (χ2n) is 8.87. The first kappa shape index (κ1) is 35.7. The molecule has 0 bridgehead atoms. The maximum atomic E-state index is 12.9. The van der Waals surface area contributed by atoms with Gasteiger partial charge in [-0.15, -0.1) is 0 Å². The number of hydrogen-bond acceptors (Lipinski definition) is 11. The summed E-state index contributed by atoms with van der Waals surface area (Å²) in [6, 6.07) is 3.39. The van der Waals surface area contributed by atoms with Gasteiger partial charge >= 0.3 is 6.09 Å². The average molecular weight is 623 g/mol. The SMILES string of the molecule is C/C(OC(=O)N(C)CC(=O)N(C)CC(O)C(O)C(O)C(O)CO)=C(\C=C(/C)Cl)C(=O)Nc1ccc([N+](=O)[O-])cc1Cl. The van der Waals surface area contributed by atoms with Gasteiger partial charge in [0.2, 0.25) is 5.91 Å². The first-order valence-corrected chi connectivity index (χ1v) is 12.6. The summed E-state index contributed by atoms with van der Waals surface area (Å²) in [5.41, 5.74) is -0.453. The van der Waals surface area contributed by atoms with Crippen molar-refractivity contribution in [1.29, 1.82) is 0 Å². The third kappa shape index (κ3) is 10.9. The first-order valence-electron chi connectivity index (χ1n) is 11.8. The Bertz CT molecular complexity index is 1190. The molecule has 6 N–H and O–H groups in total. The molecule has 1 aromatic rings. The minimum atomic E-state index is -1.88. The largest absolute Gasteiger partial charge is 0.415 e. The Morgan fingerprint density at radius 2 is 1.68 bits per heavy atom. The highest BCUT2D eigenvalue weighted by Gasteiger charge is 2.31. The normalized spacial score (nSPS) is 15.1. The van der Waals surface area contributed by atoms with E-state index in [1.165, 1.54) is 40.1 Å². The van der Waals surface area contributed by atoms with E-state index in [-0.39, 0.29) is 32.8 Å². The highest BCUT2D eigenvalue weighted by molar-refractivity contribution is 6.34. The number of aliphatic hydroxyl groups excluding tert-OH is 5. The fraction of sp³-hybridized carbons (Fsp3) is 0.458. The van der Waals surface area contributed by atoms with Gasteiger partial charge in [-0.2, -0.15) is 0 Å². The Morgan fingerprint density at radius 3 is 2.20 bits per heavy atom. The Morgan fingerprint density at radius 1 is 1.10 bits per heavy atom. The number of amides is 3. The number of nitrogens with zero attached hydrogens (tertiary/aromatic N) is 3. The van der Waals surface area contributed by atoms with E-state index in [0.717, 1.165) is 21.9 Å². The maximum absolute atomic E-state index is 12.9. The van der Waals surface area contributed by atoms with Crippen LogP contribution in [0.25, 0.3) is 0 Å². The molecule has 0 saturated carbocycles. The van der Waals surface area contributed by atoms with Crippen molar-refractivity contribution in [3.8, 4) is 0 Å². The zero-order valence-corrected chi connectivity index (χ0v) is 24.0. The van der Waals surface area contributed by atoms with Crippen LogP contribution in [0.15, 0.2) is 40.6 Å². The summed E-state index contributed by atoms with van der Waals surface area (Å²) in [4.78, 5) is 50.1. The van der Waals surface area contributed by atoms with E-state index in [1.54, 1.807) is 0 Å². The standard InChI is InChI=1S/C24H32Cl2N4O11/c1-12(25)7-15(23(37)27-17-6-5-14(30(39)40)8-16(17)26)13(2)41-24(38)29(4)10-20(34)28(3)9-18(32)21(35)22(36)19(33)11-31/h5-8,18-19,21-22,31-33,35-36H,9-11H2,1-4H3,(H,27,37)/b12-7+,15-13-. The summed E-state index contributed by atoms with van der Waals surface area (Å²) >= 11 is 12.0. The molecule has 0 aliphatic heterocycles. The zero-order chi connectivity index (χ0) is 31.6. The zero-order valence-electron chi connectivity index (χ0n) is 22.5. The van der Waals surface area contributed by atoms with Gasteiger partial charge in [0.15, 0.2) is 0 Å². The summed E-state index contributed by atoms with van der Waals surface area (Å²) in [5, 5.41) is 61.3. The third-order valence-corrected chi connectivity index (χ3v) is 5.94. The van der Waals surface area contributed by atoms with Crippen LogP contribution in [0.4, 0.5) is 16.2 Å². The summed E-state index contributed by atoms with van der Waals surface area (Å²) < 4.78 is 5.22. The number of likely N-dealkylation sites (N-methyl/N-ethyl adjacent to an activating group) is 2. The molecule has 0 radical (unpaired) electrons. The smallest absolute Gasteiger partial charge is 0.414 e. The topological polar surface area (TPSA) is 223 Å². The van der Waals surface area contributed by atoms with Crippen LogP contribution in [-0.2, 0) is 14.3 Å². The van der Waals surface area contributed by atoms with Gasteiger partial charge in [0.05, 0.1) is 27.8 Å². The van der Waals surface area contributed by atoms with E-state index in [1.807, 2.05) is 0 Å². The third-order valence-electron chi connectivity index (χ3n) is 5.52. The molecule has 0 fully saturated rings. The summed E-state index contributed by atoms with van der Waals surface area (Å²) in [7, 11) is 2.46. The Labute approximate surface area is 245 Å². The average Bonchev–Trinajstić information content (AvgIpc) is 2.90. The minimum absolute atomic E-state index is 0.0379. The molecule has 17 heteroatoms. The van der Waals surface area contributed by atoms with Crippen LogP contribution in [0.5, 0.6) is 0 Å². The fourth-order valence-electron chi connectivity index (χ4n) is 3.14. The summed E-state index contributed by atoms with van der Waals surface area (Å²) in [5.74, 6) is -1.74. The molecule has 4 atom stereocenters. The second kappa shape index (κ2) is 16.2. The predicted octanol–water partition coefficient (Wildman–Crippen LogP) is 0.566. The van der Waals surface area contributed by atoms with E-state index in [0.29, 0.717) is 0 Å². The van der Waals surface area contributed by atoms with Crippen LogP contribution in [-0.4, -0.2) is 116 Å². The molecule has 0 saturated heterocycles. The molecule has 0 aliphatic carbocycles. The van der Waals surface area contributed by atoms with E-state index in [9.17, 15) is 44.9 Å². The number of nitro benzene ring substituents is 1. The number of allylic oxidation sites excluding steroid dienone is 2. The molecular formula is C24H32Cl2N4O11. The van der Waals surface area contributed by atoms with Crippen LogP contribution in [0.1, 0.15) is 13.8 Å². The van der Waals surface area contributed by atoms with Gasteiger partial charge in [-0.3, -0.25) is 19.7 Å². The lowest BCUT2D eigenvalue weighted by atomic mass is 10.0. The summed E-state index contributed by atoms with van der Waals surface area (Å²) in [6.07, 6.45) is -7.02. The fourth-order valence-corrected chi connectivity index (χ4v) is 3.47. The lowest BCUT2D eigenvalue weighted by Gasteiger charge is -2.29. The molecule has 1 rings (SSSR count). The molecule has 15 nitrogen and oxygen atoms in total. The van der Waals surface area contributed by atoms with Gasteiger partial charge in [0.25, 0.3) is 11.6 Å². The van der Waals surface area contributed by atoms with Crippen LogP contribution in [0, 0.1) is 10.1 Å². The highest BCUT2D eigenvalue weighted by atomic mass is 35.5. The molecule has 3 amide bonds. The minimum Gasteiger partial charge on any atom is -0.414 e. The van der Waals surface area contributed by atoms with Crippen molar-refractivity contribution in [3.05, 3.63) is 55.8 Å². The molecule has 4 unspecified atom stereocenters. The van der Waals surface area contributed by atoms with Crippen molar-refractivity contribution in [1.82, 2.24) is 9.80 Å². The Balaban J connectivity index is 2.94. The lowest BCUT2D eigenvalue weighted by molar-refractivity contribution is -0.384. The van der Waals surface area contributed by atoms with Gasteiger partial charge < -0.3 is 45.4 Å². The van der Waals surface area contributed by atoms with Gasteiger partial charge in [-0.1, -0.05) is 23.2 Å². The number of nitro groups is 1. The van der Waals surface area contributed by atoms with Crippen LogP contribution >= 0.6 is 23.2 Å². The van der Waals surface area contributed by atoms with Crippen LogP contribution in [0.2, 0.25) is 5.02 Å². The molecule has 0 aromatic heterocycles. The van der Waals surface area contributed by atoms with Gasteiger partial charge in [-0.25, -0.2) is 4.79 Å². The van der Waals surface area contributed by atoms with Crippen LogP contribution < -0.4 is 5.32 Å². The number of benzene rings is 1. The molecule has 1 aromatic carbocycles. The Hall–Kier alpha value is -3.31. The van der Waals surface area contributed by atoms with E-state index < -0.39 is 66.9 Å². The number of aliphatic hydroxyl groups is 5. The van der Waals surface area contributed by atoms with E-state index in [4.69, 9.17) is 33.0 Å². The van der Waals surface area contributed by atoms with Crippen molar-refractivity contribution < 1.29 is 49.6 Å². The molecule has 0 spiro atoms. The molecular weight excluding hydrogens is 591 g/mol. The number of non-ortho nitro benzene ring substituents is 1. The number of rotatable bonds is 13. The number of carbonyl (C=O) groups excluding carboxylic acids is 3. The van der Waals surface area contributed by atoms with Crippen molar-refractivity contribution in [2.75, 3.05) is 39.1 Å². The highest BCUT2D eigenvalue weighted by Crippen LogP contribution is 2.27. The van der Waals surface area contributed by atoms with Gasteiger partial charge in [0.1, 0.15) is 36.7 Å². The van der Waals surface area contributed by atoms with Crippen molar-refractivity contribution in [2.24, 2.45) is 0 Å². The molecule has 228 valence electrons. The van der Waals surface area contributed by atoms with Crippen molar-refractivity contribution in [3.63, 3.8) is 0 Å². The second-order valence-corrected chi connectivity index (χ2v) is 9.88. The molecule has 0 heterocycles. The number of halogens is 2. The van der Waals surface area contributed by atoms with Gasteiger partial charge in [0, 0.05) is 37.8 Å². The van der Waals surface area contributed by atoms with Crippen LogP contribution in [0.3, 0.4) is 0 Å². The van der Waals surface area contributed by atoms with E-state index >= 15 is 0 Å². The molecule has 0 aliphatic rings. The van der Waals surface area contributed by atoms with Crippen molar-refractivity contribution in [2.45, 2.75) is 38.3 Å². The molecule has 41 heavy (non-hydrogen) atoms. The van der Waals surface area contributed by atoms with Crippen molar-refractivity contribution >= 4 is 52.5 Å². The van der Waals surface area contributed by atoms with E-state index in [2.05, 4.69) is 5.32 Å². The number of carbonyl (C=O) groups is 3. The number of ether oxygens (including phenoxy) is 1. The summed E-state index contributed by atoms with van der Waals surface area (Å²) in [6.45, 7) is 0.823. The quantitative estimate of drug-likeness (QED) is 0.0586. The number of nitrogens with one attached hydrogen (secondary N) is 1. The Kier molecular flexibility index (Phi) is 14.1. The first-order chi connectivity index (χ1) is 19.0. The maximum Gasteiger partial charge on any atom is 0.415 e. The predicted molar refractivity (Wildman–Crippen MR) is 147 cm³/mol. The monoisotopic (exact) mass is 622 g/mol. The number of anilines is 1. The van der Waals surface area contributed by atoms with Gasteiger partial charge in [-0.05, 0) is 26.0 Å².